The van der Waals surface area contributed by atoms with Gasteiger partial charge in [0.15, 0.2) is 0 Å². The molecule has 0 aliphatic heterocycles. The second kappa shape index (κ2) is 32.6. The van der Waals surface area contributed by atoms with E-state index in [4.69, 9.17) is 0 Å². The Labute approximate surface area is 668 Å². The predicted octanol–water partition coefficient (Wildman–Crippen LogP) is 30.9. The summed E-state index contributed by atoms with van der Waals surface area (Å²) in [6.07, 6.45) is 109. The largest absolute Gasteiger partial charge is 0.0533 e. The Morgan fingerprint density at radius 1 is 0.0741 bits per heavy atom. The molecule has 0 saturated heterocycles. The van der Waals surface area contributed by atoms with Gasteiger partial charge in [0.1, 0.15) is 0 Å². The Balaban J connectivity index is 0.671. The first-order valence-electron chi connectivity index (χ1n) is 53.6. The van der Waals surface area contributed by atoms with Crippen LogP contribution in [-0.4, -0.2) is 0 Å². The van der Waals surface area contributed by atoms with Crippen molar-refractivity contribution >= 4 is 0 Å². The van der Waals surface area contributed by atoms with Crippen LogP contribution in [0.5, 0.6) is 0 Å². The molecular formula is C108H174. The van der Waals surface area contributed by atoms with Gasteiger partial charge in [-0.05, 0) is 383 Å². The molecule has 30 unspecified atom stereocenters. The molecule has 0 radical (unpaired) electrons. The van der Waals surface area contributed by atoms with E-state index in [2.05, 4.69) is 0 Å². The summed E-state index contributed by atoms with van der Waals surface area (Å²) in [5, 5.41) is 0. The third-order valence-electron chi connectivity index (χ3n) is 46.1. The smallest absolute Gasteiger partial charge is 0.0318 e. The molecule has 22 rings (SSSR count). The quantitative estimate of drug-likeness (QED) is 0.183. The number of hydrogen-bond acceptors (Lipinski definition) is 0. The first-order chi connectivity index (χ1) is 53.6. The van der Waals surface area contributed by atoms with Crippen LogP contribution in [0.25, 0.3) is 0 Å². The van der Waals surface area contributed by atoms with Crippen molar-refractivity contribution in [2.75, 3.05) is 0 Å². The number of hydrogen-bond donors (Lipinski definition) is 0. The van der Waals surface area contributed by atoms with Gasteiger partial charge in [0.05, 0.1) is 0 Å². The summed E-state index contributed by atoms with van der Waals surface area (Å²) >= 11 is 0. The molecule has 108 heavy (non-hydrogen) atoms. The lowest BCUT2D eigenvalue weighted by molar-refractivity contribution is -0.197. The fourth-order valence-electron chi connectivity index (χ4n) is 43.0. The van der Waals surface area contributed by atoms with Gasteiger partial charge >= 0.3 is 0 Å². The highest BCUT2D eigenvalue weighted by atomic mass is 14.7. The van der Waals surface area contributed by atoms with Gasteiger partial charge in [0, 0.05) is 0 Å². The lowest BCUT2D eigenvalue weighted by Crippen LogP contribution is -2.62. The first kappa shape index (κ1) is 74.3. The van der Waals surface area contributed by atoms with E-state index in [1.165, 1.54) is 0 Å². The molecule has 0 aromatic rings. The summed E-state index contributed by atoms with van der Waals surface area (Å²) in [5.41, 5.74) is 0. The van der Waals surface area contributed by atoms with E-state index in [1.807, 2.05) is 0 Å². The minimum atomic E-state index is 1.07. The zero-order chi connectivity index (χ0) is 70.9. The van der Waals surface area contributed by atoms with Crippen LogP contribution in [0.2, 0.25) is 0 Å². The molecule has 0 heterocycles. The SMILES string of the molecule is C1CCC(C2CC(C3CCCCC3)C3CCC4C(C5CC(C6CC(C7CCCCC7)C7CCC8C(C9CCCCC9)CC(C9CCCCC9)C9CCC6C7C89)CC(C6CC(C7CCCCC7)C7CCC8C(C9CCCCC9)CC(C9CCCCC9)C9CCC6C7C89)C5)CC(C5CCCCC5)C5CCC2C3C54)CC1. The molecule has 606 valence electrons. The normalized spacial score (nSPS) is 52.2. The van der Waals surface area contributed by atoms with Gasteiger partial charge in [-0.15, -0.1) is 0 Å². The fraction of sp³-hybridized carbons (Fsp3) is 1.00. The third-order valence-corrected chi connectivity index (χ3v) is 46.1. The van der Waals surface area contributed by atoms with Crippen LogP contribution in [0, 0.1) is 249 Å². The molecule has 22 aliphatic carbocycles. The van der Waals surface area contributed by atoms with Crippen molar-refractivity contribution in [3.8, 4) is 0 Å². The van der Waals surface area contributed by atoms with Crippen LogP contribution in [-0.2, 0) is 0 Å². The zero-order valence-corrected chi connectivity index (χ0v) is 70.9. The summed E-state index contributed by atoms with van der Waals surface area (Å²) in [5.74, 6) is 46.4. The monoisotopic (exact) mass is 1470 g/mol. The van der Waals surface area contributed by atoms with E-state index in [1.54, 1.807) is 424 Å². The Morgan fingerprint density at radius 2 is 0.176 bits per heavy atom. The molecule has 0 aromatic carbocycles. The van der Waals surface area contributed by atoms with Crippen molar-refractivity contribution in [3.05, 3.63) is 0 Å². The van der Waals surface area contributed by atoms with Gasteiger partial charge in [-0.3, -0.25) is 0 Å². The highest BCUT2D eigenvalue weighted by molar-refractivity contribution is 5.17. The maximum Gasteiger partial charge on any atom is -0.0318 e. The Hall–Kier alpha value is 0. The molecule has 22 aliphatic rings. The lowest BCUT2D eigenvalue weighted by atomic mass is 9.37. The average Bonchev–Trinajstić information content (AvgIpc) is 0.715. The van der Waals surface area contributed by atoms with Crippen molar-refractivity contribution < 1.29 is 0 Å². The van der Waals surface area contributed by atoms with Crippen LogP contribution in [0.3, 0.4) is 0 Å². The molecule has 0 bridgehead atoms. The van der Waals surface area contributed by atoms with Crippen molar-refractivity contribution in [1.29, 1.82) is 0 Å². The van der Waals surface area contributed by atoms with Crippen molar-refractivity contribution in [3.63, 3.8) is 0 Å². The minimum absolute atomic E-state index is 1.07. The molecule has 0 heteroatoms. The van der Waals surface area contributed by atoms with Crippen LogP contribution < -0.4 is 0 Å². The van der Waals surface area contributed by atoms with Crippen molar-refractivity contribution in [1.82, 2.24) is 0 Å². The summed E-state index contributed by atoms with van der Waals surface area (Å²) in [6.45, 7) is 0. The first-order valence-corrected chi connectivity index (χ1v) is 53.6. The number of rotatable bonds is 12. The molecule has 0 spiro atoms. The minimum Gasteiger partial charge on any atom is -0.0533 e. The second-order valence-electron chi connectivity index (χ2n) is 48.8. The topological polar surface area (TPSA) is 0 Å². The van der Waals surface area contributed by atoms with E-state index in [0.29, 0.717) is 0 Å². The average molecular weight is 1470 g/mol. The standard InChI is InChI=1S/C108H174/c1-10-28-67(29-11-1)91-61-94(70-34-16-4-17-35-70)82-52-55-88-100(64-97(73-40-22-7-23-41-73)85-49-46-79(91)103(82)106(85)88)76-58-77(101-65-98(74-42-24-8-25-43-74)86-50-47-80-92(68-30-12-2-13-31-68)62-95(71-36-18-5-19-37-71)83-53-56-89(101)107(86)104(80)83)60-78(59-76)102-66-99(75-44-26-9-27-45-75)87-51-48-81-93(69-32-14-3-15-33-69)63-96(72-38-20-6-21-39-72)84-54-57-90(102)108(87)105(81)84/h67-108H,1-66H2. The molecule has 0 amide bonds. The molecule has 22 saturated carbocycles. The highest BCUT2D eigenvalue weighted by Gasteiger charge is 2.68. The molecular weight excluding hydrogens is 1300 g/mol. The Kier molecular flexibility index (Phi) is 22.4. The lowest BCUT2D eigenvalue weighted by Gasteiger charge is -2.68. The van der Waals surface area contributed by atoms with Gasteiger partial charge in [-0.2, -0.15) is 0 Å². The highest BCUT2D eigenvalue weighted by Crippen LogP contribution is 2.76. The van der Waals surface area contributed by atoms with E-state index in [-0.39, 0.29) is 0 Å². The van der Waals surface area contributed by atoms with Gasteiger partial charge in [-0.1, -0.05) is 289 Å². The Morgan fingerprint density at radius 3 is 0.287 bits per heavy atom. The van der Waals surface area contributed by atoms with Crippen LogP contribution in [0.1, 0.15) is 424 Å². The summed E-state index contributed by atoms with van der Waals surface area (Å²) in [7, 11) is 0. The molecule has 0 N–H and O–H groups in total. The zero-order valence-electron chi connectivity index (χ0n) is 70.9. The molecule has 30 atom stereocenters. The van der Waals surface area contributed by atoms with Gasteiger partial charge < -0.3 is 0 Å². The maximum absolute atomic E-state index is 1.77. The van der Waals surface area contributed by atoms with Gasteiger partial charge in [-0.25, -0.2) is 0 Å². The van der Waals surface area contributed by atoms with E-state index < -0.39 is 0 Å². The third kappa shape index (κ3) is 13.5. The fourth-order valence-corrected chi connectivity index (χ4v) is 43.0. The van der Waals surface area contributed by atoms with Crippen LogP contribution >= 0.6 is 0 Å². The van der Waals surface area contributed by atoms with Gasteiger partial charge in [0.2, 0.25) is 0 Å². The molecule has 0 nitrogen and oxygen atoms in total. The van der Waals surface area contributed by atoms with Crippen LogP contribution in [0.15, 0.2) is 0 Å². The second-order valence-corrected chi connectivity index (χ2v) is 48.8. The van der Waals surface area contributed by atoms with Gasteiger partial charge in [0.25, 0.3) is 0 Å². The summed E-state index contributed by atoms with van der Waals surface area (Å²) in [6, 6.07) is 0. The van der Waals surface area contributed by atoms with E-state index in [0.717, 1.165) is 249 Å². The predicted molar refractivity (Wildman–Crippen MR) is 451 cm³/mol. The van der Waals surface area contributed by atoms with Crippen molar-refractivity contribution in [2.45, 2.75) is 424 Å². The summed E-state index contributed by atoms with van der Waals surface area (Å²) in [4.78, 5) is 0. The van der Waals surface area contributed by atoms with Crippen LogP contribution in [0.4, 0.5) is 0 Å². The summed E-state index contributed by atoms with van der Waals surface area (Å²) < 4.78 is 0. The van der Waals surface area contributed by atoms with E-state index in [9.17, 15) is 0 Å². The maximum atomic E-state index is 1.77. The molecule has 22 fully saturated rings. The molecule has 0 aromatic heterocycles. The van der Waals surface area contributed by atoms with E-state index >= 15 is 0 Å². The Bertz CT molecular complexity index is 2470. The van der Waals surface area contributed by atoms with Crippen molar-refractivity contribution in [2.24, 2.45) is 249 Å².